The Morgan fingerprint density at radius 2 is 0.667 bits per heavy atom. The van der Waals surface area contributed by atoms with Crippen molar-refractivity contribution in [1.29, 1.82) is 0 Å². The smallest absolute Gasteiger partial charge is 0.150 e. The van der Waals surface area contributed by atoms with E-state index in [1.165, 1.54) is 128 Å². The minimum atomic E-state index is -1.31. The zero-order chi connectivity index (χ0) is 20.1. The maximum absolute atomic E-state index is 8.74. The van der Waals surface area contributed by atoms with Gasteiger partial charge in [-0.2, -0.15) is 11.1 Å². The first-order valence-corrected chi connectivity index (χ1v) is 16.6. The molecule has 0 aromatic heterocycles. The lowest BCUT2D eigenvalue weighted by atomic mass is 10.0. The molecule has 0 amide bonds. The van der Waals surface area contributed by atoms with Crippen molar-refractivity contribution in [3.8, 4) is 0 Å². The lowest BCUT2D eigenvalue weighted by Crippen LogP contribution is -2.14. The first-order valence-electron chi connectivity index (χ1n) is 12.4. The van der Waals surface area contributed by atoms with Crippen LogP contribution in [-0.2, 0) is 0 Å². The molecule has 0 bridgehead atoms. The minimum Gasteiger partial charge on any atom is -0.396 e. The Bertz CT molecular complexity index is 278. The minimum absolute atomic E-state index is 0.370. The van der Waals surface area contributed by atoms with E-state index >= 15 is 0 Å². The van der Waals surface area contributed by atoms with E-state index in [2.05, 4.69) is 13.1 Å². The van der Waals surface area contributed by atoms with Gasteiger partial charge in [0.25, 0.3) is 0 Å². The van der Waals surface area contributed by atoms with Gasteiger partial charge in [-0.25, -0.2) is 0 Å². The third-order valence-electron chi connectivity index (χ3n) is 5.68. The Labute approximate surface area is 177 Å². The first kappa shape index (κ1) is 27.5. The summed E-state index contributed by atoms with van der Waals surface area (Å²) in [7, 11) is -1.31. The number of unbranched alkanes of at least 4 members (excludes halogenated alkanes) is 19. The van der Waals surface area contributed by atoms with Crippen LogP contribution in [0.2, 0.25) is 19.1 Å². The van der Waals surface area contributed by atoms with Gasteiger partial charge in [0.15, 0.2) is 0 Å². The van der Waals surface area contributed by atoms with Gasteiger partial charge in [-0.05, 0) is 12.5 Å². The topological polar surface area (TPSA) is 20.2 Å². The summed E-state index contributed by atoms with van der Waals surface area (Å²) in [6, 6.07) is 1.29. The third-order valence-corrected chi connectivity index (χ3v) is 7.79. The van der Waals surface area contributed by atoms with Crippen LogP contribution in [0.1, 0.15) is 128 Å². The molecule has 1 N–H and O–H groups in total. The second-order valence-electron chi connectivity index (χ2n) is 9.26. The molecular weight excluding hydrogens is 368 g/mol. The molecule has 0 saturated heterocycles. The zero-order valence-electron chi connectivity index (χ0n) is 18.9. The highest BCUT2D eigenvalue weighted by Gasteiger charge is 2.15. The Kier molecular flexibility index (Phi) is 21.5. The highest BCUT2D eigenvalue weighted by atomic mass is 35.6. The molecule has 0 aliphatic rings. The summed E-state index contributed by atoms with van der Waals surface area (Å²) in [6.45, 7) is 4.90. The molecule has 0 fully saturated rings. The normalized spacial score (nSPS) is 12.0. The molecule has 0 radical (unpaired) electrons. The van der Waals surface area contributed by atoms with Gasteiger partial charge in [0.2, 0.25) is 0 Å². The number of halogens is 1. The van der Waals surface area contributed by atoms with E-state index in [-0.39, 0.29) is 0 Å². The third kappa shape index (κ3) is 26.5. The van der Waals surface area contributed by atoms with E-state index in [0.717, 1.165) is 6.42 Å². The molecule has 3 heteroatoms. The zero-order valence-corrected chi connectivity index (χ0v) is 20.6. The molecule has 0 rings (SSSR count). The average Bonchev–Trinajstić information content (AvgIpc) is 2.62. The van der Waals surface area contributed by atoms with Crippen molar-refractivity contribution in [2.75, 3.05) is 6.61 Å². The molecular formula is C24H51ClOSi. The average molecular weight is 419 g/mol. The van der Waals surface area contributed by atoms with E-state index in [4.69, 9.17) is 16.2 Å². The van der Waals surface area contributed by atoms with Crippen molar-refractivity contribution in [3.05, 3.63) is 0 Å². The van der Waals surface area contributed by atoms with Crippen LogP contribution in [0.3, 0.4) is 0 Å². The van der Waals surface area contributed by atoms with Gasteiger partial charge in [-0.1, -0.05) is 135 Å². The van der Waals surface area contributed by atoms with Gasteiger partial charge in [0.05, 0.1) is 0 Å². The fourth-order valence-electron chi connectivity index (χ4n) is 3.84. The molecule has 1 nitrogen and oxygen atoms in total. The van der Waals surface area contributed by atoms with E-state index in [0.29, 0.717) is 6.61 Å². The highest BCUT2D eigenvalue weighted by Crippen LogP contribution is 2.19. The Hall–Kier alpha value is 0.467. The van der Waals surface area contributed by atoms with E-state index in [9.17, 15) is 0 Å². The Morgan fingerprint density at radius 1 is 0.444 bits per heavy atom. The molecule has 0 aliphatic heterocycles. The molecule has 0 heterocycles. The summed E-state index contributed by atoms with van der Waals surface area (Å²) in [5, 5.41) is 8.74. The molecule has 0 aromatic carbocycles. The largest absolute Gasteiger partial charge is 0.396 e. The van der Waals surface area contributed by atoms with Crippen molar-refractivity contribution >= 4 is 18.5 Å². The van der Waals surface area contributed by atoms with Gasteiger partial charge in [-0.15, -0.1) is 0 Å². The van der Waals surface area contributed by atoms with Gasteiger partial charge >= 0.3 is 0 Å². The number of aliphatic hydroxyl groups excluding tert-OH is 1. The molecule has 27 heavy (non-hydrogen) atoms. The van der Waals surface area contributed by atoms with Crippen LogP contribution in [0, 0.1) is 0 Å². The lowest BCUT2D eigenvalue weighted by Gasteiger charge is -2.11. The summed E-state index contributed by atoms with van der Waals surface area (Å²) >= 11 is 6.36. The second kappa shape index (κ2) is 21.2. The van der Waals surface area contributed by atoms with Gasteiger partial charge in [0, 0.05) is 6.61 Å². The fraction of sp³-hybridized carbons (Fsp3) is 1.00. The van der Waals surface area contributed by atoms with Crippen molar-refractivity contribution in [2.24, 2.45) is 0 Å². The number of hydrogen-bond donors (Lipinski definition) is 1. The fourth-order valence-corrected chi connectivity index (χ4v) is 5.33. The van der Waals surface area contributed by atoms with Crippen LogP contribution < -0.4 is 0 Å². The second-order valence-corrected chi connectivity index (χ2v) is 16.3. The van der Waals surface area contributed by atoms with Crippen molar-refractivity contribution in [1.82, 2.24) is 0 Å². The predicted octanol–water partition coefficient (Wildman–Crippen LogP) is 9.22. The Balaban J connectivity index is 3.01. The maximum Gasteiger partial charge on any atom is 0.150 e. The first-order chi connectivity index (χ1) is 13.1. The molecule has 0 unspecified atom stereocenters. The van der Waals surface area contributed by atoms with Crippen molar-refractivity contribution in [2.45, 2.75) is 148 Å². The predicted molar refractivity (Wildman–Crippen MR) is 128 cm³/mol. The number of rotatable bonds is 22. The molecule has 0 aromatic rings. The van der Waals surface area contributed by atoms with Crippen LogP contribution in [0.25, 0.3) is 0 Å². The summed E-state index contributed by atoms with van der Waals surface area (Å²) in [5.41, 5.74) is 0. The molecule has 0 spiro atoms. The number of aliphatic hydroxyl groups is 1. The maximum atomic E-state index is 8.74. The molecule has 164 valence electrons. The molecule has 0 saturated carbocycles. The van der Waals surface area contributed by atoms with Crippen LogP contribution >= 0.6 is 11.1 Å². The van der Waals surface area contributed by atoms with E-state index < -0.39 is 7.38 Å². The summed E-state index contributed by atoms with van der Waals surface area (Å²) < 4.78 is 0. The SMILES string of the molecule is C[Si](C)(Cl)CCCCCCCCCCCCCCCCCCCCCCO. The van der Waals surface area contributed by atoms with Gasteiger partial charge < -0.3 is 5.11 Å². The molecule has 0 atom stereocenters. The lowest BCUT2D eigenvalue weighted by molar-refractivity contribution is 0.282. The quantitative estimate of drug-likeness (QED) is 0.105. The van der Waals surface area contributed by atoms with E-state index in [1.807, 2.05) is 0 Å². The number of hydrogen-bond acceptors (Lipinski definition) is 1. The van der Waals surface area contributed by atoms with Gasteiger partial charge in [-0.3, -0.25) is 0 Å². The van der Waals surface area contributed by atoms with Crippen LogP contribution in [0.5, 0.6) is 0 Å². The monoisotopic (exact) mass is 418 g/mol. The summed E-state index contributed by atoms with van der Waals surface area (Å²) in [6.07, 6.45) is 27.8. The van der Waals surface area contributed by atoms with Crippen LogP contribution in [-0.4, -0.2) is 19.1 Å². The standard InChI is InChI=1S/C24H51ClOSi/c1-27(2,25)24-22-20-18-16-14-12-10-8-6-4-3-5-7-9-11-13-15-17-19-21-23-26/h26H,3-24H2,1-2H3. The van der Waals surface area contributed by atoms with E-state index in [1.54, 1.807) is 0 Å². The van der Waals surface area contributed by atoms with Crippen LogP contribution in [0.4, 0.5) is 0 Å². The van der Waals surface area contributed by atoms with Crippen molar-refractivity contribution in [3.63, 3.8) is 0 Å². The summed E-state index contributed by atoms with van der Waals surface area (Å²) in [4.78, 5) is 0. The molecule has 0 aliphatic carbocycles. The van der Waals surface area contributed by atoms with Gasteiger partial charge in [0.1, 0.15) is 7.38 Å². The summed E-state index contributed by atoms with van der Waals surface area (Å²) in [5.74, 6) is 0. The Morgan fingerprint density at radius 3 is 0.889 bits per heavy atom. The highest BCUT2D eigenvalue weighted by molar-refractivity contribution is 7.19. The van der Waals surface area contributed by atoms with Crippen LogP contribution in [0.15, 0.2) is 0 Å². The van der Waals surface area contributed by atoms with Crippen molar-refractivity contribution < 1.29 is 5.11 Å².